The van der Waals surface area contributed by atoms with Crippen molar-refractivity contribution in [3.63, 3.8) is 0 Å². The zero-order chi connectivity index (χ0) is 13.7. The van der Waals surface area contributed by atoms with Crippen LogP contribution in [0.25, 0.3) is 0 Å². The highest BCUT2D eigenvalue weighted by Gasteiger charge is 2.29. The maximum Gasteiger partial charge on any atom is 0.220 e. The van der Waals surface area contributed by atoms with E-state index in [1.807, 2.05) is 13.1 Å². The number of aryl methyl sites for hydroxylation is 2. The van der Waals surface area contributed by atoms with Gasteiger partial charge in [0.05, 0.1) is 5.60 Å². The Morgan fingerprint density at radius 1 is 1.47 bits per heavy atom. The van der Waals surface area contributed by atoms with Gasteiger partial charge >= 0.3 is 0 Å². The molecule has 106 valence electrons. The average Bonchev–Trinajstić information content (AvgIpc) is 2.81. The van der Waals surface area contributed by atoms with Crippen molar-refractivity contribution in [1.29, 1.82) is 0 Å². The van der Waals surface area contributed by atoms with Crippen molar-refractivity contribution in [1.82, 2.24) is 15.1 Å². The van der Waals surface area contributed by atoms with Crippen LogP contribution in [0, 0.1) is 0 Å². The molecule has 1 fully saturated rings. The van der Waals surface area contributed by atoms with E-state index < -0.39 is 5.60 Å². The Bertz CT molecular complexity index is 422. The fourth-order valence-electron chi connectivity index (χ4n) is 2.63. The molecule has 2 rings (SSSR count). The maximum absolute atomic E-state index is 11.8. The fourth-order valence-corrected chi connectivity index (χ4v) is 2.63. The number of nitrogens with zero attached hydrogens (tertiary/aromatic N) is 2. The Morgan fingerprint density at radius 3 is 2.84 bits per heavy atom. The Kier molecular flexibility index (Phi) is 4.58. The van der Waals surface area contributed by atoms with E-state index >= 15 is 0 Å². The highest BCUT2D eigenvalue weighted by atomic mass is 16.3. The molecule has 1 heterocycles. The van der Waals surface area contributed by atoms with Crippen LogP contribution < -0.4 is 5.32 Å². The molecule has 1 saturated carbocycles. The fraction of sp³-hybridized carbons (Fsp3) is 0.714. The molecule has 2 N–H and O–H groups in total. The summed E-state index contributed by atoms with van der Waals surface area (Å²) in [7, 11) is 1.87. The predicted octanol–water partition coefficient (Wildman–Crippen LogP) is 1.16. The summed E-state index contributed by atoms with van der Waals surface area (Å²) in [6.45, 7) is 0.386. The standard InChI is InChI=1S/C14H23N3O2/c1-17-12(7-10-16-17)5-6-13(18)15-11-14(19)8-3-2-4-9-14/h7,10,19H,2-6,8-9,11H2,1H3,(H,15,18). The summed E-state index contributed by atoms with van der Waals surface area (Å²) in [4.78, 5) is 11.8. The van der Waals surface area contributed by atoms with Gasteiger partial charge in [-0.15, -0.1) is 0 Å². The maximum atomic E-state index is 11.8. The Labute approximate surface area is 114 Å². The van der Waals surface area contributed by atoms with E-state index in [1.165, 1.54) is 6.42 Å². The number of aromatic nitrogens is 2. The van der Waals surface area contributed by atoms with Crippen LogP contribution in [-0.2, 0) is 18.3 Å². The Morgan fingerprint density at radius 2 is 2.21 bits per heavy atom. The van der Waals surface area contributed by atoms with E-state index in [-0.39, 0.29) is 5.91 Å². The molecule has 0 unspecified atom stereocenters. The van der Waals surface area contributed by atoms with Crippen LogP contribution in [-0.4, -0.2) is 32.9 Å². The van der Waals surface area contributed by atoms with Crippen molar-refractivity contribution in [2.75, 3.05) is 6.54 Å². The largest absolute Gasteiger partial charge is 0.388 e. The lowest BCUT2D eigenvalue weighted by Gasteiger charge is -2.32. The van der Waals surface area contributed by atoms with Crippen molar-refractivity contribution >= 4 is 5.91 Å². The first-order valence-corrected chi connectivity index (χ1v) is 7.05. The topological polar surface area (TPSA) is 67.2 Å². The molecule has 1 aromatic heterocycles. The first kappa shape index (κ1) is 14.1. The van der Waals surface area contributed by atoms with Crippen molar-refractivity contribution in [2.45, 2.75) is 50.5 Å². The number of hydrogen-bond acceptors (Lipinski definition) is 3. The van der Waals surface area contributed by atoms with Crippen LogP contribution in [0.3, 0.4) is 0 Å². The molecule has 0 aromatic carbocycles. The highest BCUT2D eigenvalue weighted by Crippen LogP contribution is 2.27. The van der Waals surface area contributed by atoms with Gasteiger partial charge < -0.3 is 10.4 Å². The SMILES string of the molecule is Cn1nccc1CCC(=O)NCC1(O)CCCCC1. The molecule has 5 nitrogen and oxygen atoms in total. The third kappa shape index (κ3) is 4.06. The van der Waals surface area contributed by atoms with E-state index in [9.17, 15) is 9.90 Å². The van der Waals surface area contributed by atoms with Gasteiger partial charge in [-0.3, -0.25) is 9.48 Å². The Hall–Kier alpha value is -1.36. The quantitative estimate of drug-likeness (QED) is 0.839. The van der Waals surface area contributed by atoms with Gasteiger partial charge in [-0.05, 0) is 25.3 Å². The van der Waals surface area contributed by atoms with E-state index in [2.05, 4.69) is 10.4 Å². The lowest BCUT2D eigenvalue weighted by atomic mass is 9.85. The van der Waals surface area contributed by atoms with E-state index in [4.69, 9.17) is 0 Å². The Balaban J connectivity index is 1.71. The number of rotatable bonds is 5. The second-order valence-corrected chi connectivity index (χ2v) is 5.51. The number of aliphatic hydroxyl groups is 1. The first-order valence-electron chi connectivity index (χ1n) is 7.05. The molecule has 0 aliphatic heterocycles. The first-order chi connectivity index (χ1) is 9.09. The minimum absolute atomic E-state index is 0.000184. The van der Waals surface area contributed by atoms with Gasteiger partial charge in [0.2, 0.25) is 5.91 Å². The molecule has 0 atom stereocenters. The van der Waals surface area contributed by atoms with Crippen LogP contribution in [0.4, 0.5) is 0 Å². The molecule has 0 saturated heterocycles. The van der Waals surface area contributed by atoms with Crippen molar-refractivity contribution in [3.8, 4) is 0 Å². The molecule has 1 aliphatic rings. The van der Waals surface area contributed by atoms with Gasteiger partial charge in [-0.1, -0.05) is 19.3 Å². The lowest BCUT2D eigenvalue weighted by molar-refractivity contribution is -0.122. The van der Waals surface area contributed by atoms with Crippen LogP contribution >= 0.6 is 0 Å². The van der Waals surface area contributed by atoms with Crippen LogP contribution in [0.1, 0.15) is 44.2 Å². The number of hydrogen-bond donors (Lipinski definition) is 2. The van der Waals surface area contributed by atoms with Gasteiger partial charge in [-0.2, -0.15) is 5.10 Å². The smallest absolute Gasteiger partial charge is 0.220 e. The minimum Gasteiger partial charge on any atom is -0.388 e. The monoisotopic (exact) mass is 265 g/mol. The zero-order valence-electron chi connectivity index (χ0n) is 11.6. The molecule has 1 amide bonds. The second-order valence-electron chi connectivity index (χ2n) is 5.51. The molecule has 1 aromatic rings. The van der Waals surface area contributed by atoms with Gasteiger partial charge in [0.1, 0.15) is 0 Å². The molecule has 1 aliphatic carbocycles. The summed E-state index contributed by atoms with van der Waals surface area (Å²) in [6, 6.07) is 1.92. The minimum atomic E-state index is -0.680. The van der Waals surface area contributed by atoms with Gasteiger partial charge in [0, 0.05) is 31.9 Å². The second kappa shape index (κ2) is 6.19. The molecule has 5 heteroatoms. The van der Waals surface area contributed by atoms with Crippen molar-refractivity contribution < 1.29 is 9.90 Å². The summed E-state index contributed by atoms with van der Waals surface area (Å²) in [5.74, 6) is 0.000184. The van der Waals surface area contributed by atoms with Gasteiger partial charge in [0.15, 0.2) is 0 Å². The third-order valence-electron chi connectivity index (χ3n) is 3.93. The van der Waals surface area contributed by atoms with Crippen LogP contribution in [0.15, 0.2) is 12.3 Å². The van der Waals surface area contributed by atoms with Gasteiger partial charge in [0.25, 0.3) is 0 Å². The number of amides is 1. The van der Waals surface area contributed by atoms with Crippen molar-refractivity contribution in [2.24, 2.45) is 7.05 Å². The zero-order valence-corrected chi connectivity index (χ0v) is 11.6. The van der Waals surface area contributed by atoms with Crippen molar-refractivity contribution in [3.05, 3.63) is 18.0 Å². The summed E-state index contributed by atoms with van der Waals surface area (Å²) < 4.78 is 1.78. The van der Waals surface area contributed by atoms with Crippen LogP contribution in [0.5, 0.6) is 0 Å². The van der Waals surface area contributed by atoms with E-state index in [1.54, 1.807) is 10.9 Å². The van der Waals surface area contributed by atoms with E-state index in [0.717, 1.165) is 31.4 Å². The normalized spacial score (nSPS) is 18.2. The molecule has 19 heavy (non-hydrogen) atoms. The highest BCUT2D eigenvalue weighted by molar-refractivity contribution is 5.76. The molecule has 0 spiro atoms. The molecule has 0 radical (unpaired) electrons. The average molecular weight is 265 g/mol. The number of carbonyl (C=O) groups is 1. The summed E-state index contributed by atoms with van der Waals surface area (Å²) in [6.07, 6.45) is 7.76. The summed E-state index contributed by atoms with van der Waals surface area (Å²) in [5, 5.41) is 17.2. The molecule has 0 bridgehead atoms. The van der Waals surface area contributed by atoms with Gasteiger partial charge in [-0.25, -0.2) is 0 Å². The van der Waals surface area contributed by atoms with Crippen LogP contribution in [0.2, 0.25) is 0 Å². The number of nitrogens with one attached hydrogen (secondary N) is 1. The predicted molar refractivity (Wildman–Crippen MR) is 72.6 cm³/mol. The molecular weight excluding hydrogens is 242 g/mol. The third-order valence-corrected chi connectivity index (χ3v) is 3.93. The van der Waals surface area contributed by atoms with E-state index in [0.29, 0.717) is 19.4 Å². The number of carbonyl (C=O) groups excluding carboxylic acids is 1. The summed E-state index contributed by atoms with van der Waals surface area (Å²) in [5.41, 5.74) is 0.368. The molecular formula is C14H23N3O2. The summed E-state index contributed by atoms with van der Waals surface area (Å²) >= 11 is 0. The lowest BCUT2D eigenvalue weighted by Crippen LogP contribution is -2.44.